The smallest absolute Gasteiger partial charge is 0.243 e. The van der Waals surface area contributed by atoms with E-state index < -0.39 is 10.0 Å². The van der Waals surface area contributed by atoms with Crippen molar-refractivity contribution in [3.05, 3.63) is 42.5 Å². The number of amides is 2. The molecule has 1 fully saturated rings. The van der Waals surface area contributed by atoms with Gasteiger partial charge in [0.1, 0.15) is 5.75 Å². The molecule has 4 rings (SSSR count). The van der Waals surface area contributed by atoms with Gasteiger partial charge in [0.25, 0.3) is 0 Å². The average Bonchev–Trinajstić information content (AvgIpc) is 2.79. The van der Waals surface area contributed by atoms with Crippen LogP contribution in [0.5, 0.6) is 5.75 Å². The first-order valence-electron chi connectivity index (χ1n) is 10.3. The number of sulfonamides is 1. The lowest BCUT2D eigenvalue weighted by Crippen LogP contribution is -2.41. The molecule has 0 saturated carbocycles. The first-order chi connectivity index (χ1) is 15.3. The molecule has 2 heterocycles. The second kappa shape index (κ2) is 9.13. The van der Waals surface area contributed by atoms with E-state index in [0.29, 0.717) is 30.0 Å². The van der Waals surface area contributed by atoms with Crippen molar-refractivity contribution in [3.8, 4) is 5.75 Å². The minimum atomic E-state index is -3.72. The Bertz CT molecular complexity index is 1140. The molecule has 0 bridgehead atoms. The van der Waals surface area contributed by atoms with E-state index in [1.165, 1.54) is 22.1 Å². The highest BCUT2D eigenvalue weighted by molar-refractivity contribution is 8.01. The van der Waals surface area contributed by atoms with Gasteiger partial charge in [0.15, 0.2) is 0 Å². The first kappa shape index (κ1) is 22.6. The fourth-order valence-electron chi connectivity index (χ4n) is 3.80. The molecule has 2 amide bonds. The molecule has 2 aliphatic heterocycles. The van der Waals surface area contributed by atoms with Crippen LogP contribution in [0.4, 0.5) is 11.4 Å². The molecule has 2 aromatic rings. The summed E-state index contributed by atoms with van der Waals surface area (Å²) in [6.07, 6.45) is 0.869. The zero-order valence-corrected chi connectivity index (χ0v) is 19.5. The van der Waals surface area contributed by atoms with Gasteiger partial charge in [-0.1, -0.05) is 6.07 Å². The second-order valence-corrected chi connectivity index (χ2v) is 11.1. The number of nitrogens with zero attached hydrogens (tertiary/aromatic N) is 1. The maximum Gasteiger partial charge on any atom is 0.243 e. The highest BCUT2D eigenvalue weighted by atomic mass is 32.2. The molecule has 2 aromatic carbocycles. The summed E-state index contributed by atoms with van der Waals surface area (Å²) < 4.78 is 32.9. The fourth-order valence-corrected chi connectivity index (χ4v) is 6.23. The number of ether oxygens (including phenoxy) is 1. The van der Waals surface area contributed by atoms with Gasteiger partial charge in [-0.25, -0.2) is 8.42 Å². The van der Waals surface area contributed by atoms with Crippen molar-refractivity contribution in [2.45, 2.75) is 34.8 Å². The van der Waals surface area contributed by atoms with Crippen molar-refractivity contribution in [1.82, 2.24) is 4.31 Å². The predicted octanol–water partition coefficient (Wildman–Crippen LogP) is 3.17. The highest BCUT2D eigenvalue weighted by Crippen LogP contribution is 2.37. The van der Waals surface area contributed by atoms with Crippen LogP contribution in [0.1, 0.15) is 19.8 Å². The molecule has 1 atom stereocenters. The Morgan fingerprint density at radius 2 is 1.94 bits per heavy atom. The lowest BCUT2D eigenvalue weighted by Gasteiger charge is -2.31. The number of nitrogens with one attached hydrogen (secondary N) is 2. The highest BCUT2D eigenvalue weighted by Gasteiger charge is 2.33. The van der Waals surface area contributed by atoms with Gasteiger partial charge in [-0.3, -0.25) is 9.59 Å². The van der Waals surface area contributed by atoms with Gasteiger partial charge in [0.05, 0.1) is 22.9 Å². The Labute approximate surface area is 191 Å². The summed E-state index contributed by atoms with van der Waals surface area (Å²) in [5, 5.41) is 5.44. The number of methoxy groups -OCH3 is 1. The second-order valence-electron chi connectivity index (χ2n) is 7.81. The zero-order chi connectivity index (χ0) is 22.9. The Morgan fingerprint density at radius 3 is 2.66 bits per heavy atom. The van der Waals surface area contributed by atoms with Gasteiger partial charge < -0.3 is 15.4 Å². The lowest BCUT2D eigenvalue weighted by molar-refractivity contribution is -0.121. The quantitative estimate of drug-likeness (QED) is 0.688. The number of benzene rings is 2. The number of carbonyl (C=O) groups is 2. The van der Waals surface area contributed by atoms with Crippen LogP contribution < -0.4 is 15.4 Å². The molecule has 2 aliphatic rings. The molecular weight excluding hydrogens is 450 g/mol. The topological polar surface area (TPSA) is 105 Å². The summed E-state index contributed by atoms with van der Waals surface area (Å²) in [6, 6.07) is 11.9. The molecule has 0 aliphatic carbocycles. The van der Waals surface area contributed by atoms with E-state index in [1.807, 2.05) is 6.92 Å². The van der Waals surface area contributed by atoms with Gasteiger partial charge in [0, 0.05) is 35.7 Å². The van der Waals surface area contributed by atoms with E-state index in [-0.39, 0.29) is 41.0 Å². The third-order valence-corrected chi connectivity index (χ3v) is 8.75. The Morgan fingerprint density at radius 1 is 1.19 bits per heavy atom. The van der Waals surface area contributed by atoms with Gasteiger partial charge in [-0.15, -0.1) is 11.8 Å². The van der Waals surface area contributed by atoms with Gasteiger partial charge in [0.2, 0.25) is 21.8 Å². The fraction of sp³-hybridized carbons (Fsp3) is 0.364. The van der Waals surface area contributed by atoms with Crippen LogP contribution in [0.2, 0.25) is 0 Å². The summed E-state index contributed by atoms with van der Waals surface area (Å²) in [5.74, 6) is 0.115. The molecular formula is C22H25N3O5S2. The van der Waals surface area contributed by atoms with Crippen LogP contribution in [-0.4, -0.2) is 50.0 Å². The first-order valence-corrected chi connectivity index (χ1v) is 12.7. The number of anilines is 2. The summed E-state index contributed by atoms with van der Waals surface area (Å²) in [5.41, 5.74) is 1.17. The van der Waals surface area contributed by atoms with Crippen molar-refractivity contribution < 1.29 is 22.7 Å². The third-order valence-electron chi connectivity index (χ3n) is 5.68. The minimum Gasteiger partial charge on any atom is -0.497 e. The molecule has 10 heteroatoms. The Balaban J connectivity index is 1.40. The molecule has 32 heavy (non-hydrogen) atoms. The number of piperidine rings is 1. The van der Waals surface area contributed by atoms with Crippen molar-refractivity contribution in [2.75, 3.05) is 30.8 Å². The van der Waals surface area contributed by atoms with Crippen LogP contribution in [0.25, 0.3) is 0 Å². The van der Waals surface area contributed by atoms with E-state index in [2.05, 4.69) is 10.6 Å². The maximum absolute atomic E-state index is 13.1. The predicted molar refractivity (Wildman–Crippen MR) is 123 cm³/mol. The van der Waals surface area contributed by atoms with Crippen molar-refractivity contribution in [1.29, 1.82) is 0 Å². The lowest BCUT2D eigenvalue weighted by atomic mass is 9.97. The van der Waals surface area contributed by atoms with E-state index in [0.717, 1.165) is 4.90 Å². The van der Waals surface area contributed by atoms with E-state index in [4.69, 9.17) is 4.74 Å². The monoisotopic (exact) mass is 475 g/mol. The number of hydrogen-bond acceptors (Lipinski definition) is 6. The van der Waals surface area contributed by atoms with Crippen molar-refractivity contribution in [2.24, 2.45) is 5.92 Å². The number of fused-ring (bicyclic) bond motifs is 1. The van der Waals surface area contributed by atoms with Crippen LogP contribution >= 0.6 is 11.8 Å². The van der Waals surface area contributed by atoms with Gasteiger partial charge in [-0.2, -0.15) is 4.31 Å². The van der Waals surface area contributed by atoms with Crippen LogP contribution in [0.3, 0.4) is 0 Å². The molecule has 0 aromatic heterocycles. The molecule has 1 saturated heterocycles. The summed E-state index contributed by atoms with van der Waals surface area (Å²) in [7, 11) is -2.16. The molecule has 0 spiro atoms. The average molecular weight is 476 g/mol. The number of carbonyl (C=O) groups excluding carboxylic acids is 2. The largest absolute Gasteiger partial charge is 0.497 e. The SMILES string of the molecule is COc1cccc(NC(=O)C2CCN(S(=O)(=O)c3ccc4c(c3)NC(=O)[C@@H](C)S4)CC2)c1. The van der Waals surface area contributed by atoms with E-state index in [1.54, 1.807) is 43.5 Å². The van der Waals surface area contributed by atoms with E-state index >= 15 is 0 Å². The zero-order valence-electron chi connectivity index (χ0n) is 17.8. The normalized spacial score (nSPS) is 19.7. The van der Waals surface area contributed by atoms with Crippen molar-refractivity contribution >= 4 is 45.0 Å². The molecule has 0 radical (unpaired) electrons. The van der Waals surface area contributed by atoms with Gasteiger partial charge >= 0.3 is 0 Å². The molecule has 170 valence electrons. The standard InChI is InChI=1S/C22H25N3O5S2/c1-14-21(26)24-19-13-18(6-7-20(19)31-14)32(28,29)25-10-8-15(9-11-25)22(27)23-16-4-3-5-17(12-16)30-2/h3-7,12-15H,8-11H2,1-2H3,(H,23,27)(H,24,26)/t14-/m1/s1. The number of thioether (sulfide) groups is 1. The molecule has 8 nitrogen and oxygen atoms in total. The molecule has 0 unspecified atom stereocenters. The van der Waals surface area contributed by atoms with Crippen LogP contribution in [-0.2, 0) is 19.6 Å². The Hall–Kier alpha value is -2.56. The van der Waals surface area contributed by atoms with E-state index in [9.17, 15) is 18.0 Å². The third kappa shape index (κ3) is 4.62. The minimum absolute atomic E-state index is 0.127. The summed E-state index contributed by atoms with van der Waals surface area (Å²) in [4.78, 5) is 25.6. The van der Waals surface area contributed by atoms with Crippen molar-refractivity contribution in [3.63, 3.8) is 0 Å². The molecule has 2 N–H and O–H groups in total. The van der Waals surface area contributed by atoms with Crippen LogP contribution in [0.15, 0.2) is 52.3 Å². The van der Waals surface area contributed by atoms with Crippen LogP contribution in [0, 0.1) is 5.92 Å². The number of hydrogen-bond donors (Lipinski definition) is 2. The number of rotatable bonds is 5. The summed E-state index contributed by atoms with van der Waals surface area (Å²) in [6.45, 7) is 2.32. The van der Waals surface area contributed by atoms with Gasteiger partial charge in [-0.05, 0) is 50.1 Å². The summed E-state index contributed by atoms with van der Waals surface area (Å²) >= 11 is 1.41. The maximum atomic E-state index is 13.1. The Kier molecular flexibility index (Phi) is 6.45.